The van der Waals surface area contributed by atoms with Gasteiger partial charge in [-0.3, -0.25) is 4.79 Å². The lowest BCUT2D eigenvalue weighted by atomic mass is 10.3. The highest BCUT2D eigenvalue weighted by molar-refractivity contribution is 5.76. The van der Waals surface area contributed by atoms with E-state index < -0.39 is 41.2 Å². The van der Waals surface area contributed by atoms with Crippen molar-refractivity contribution in [1.82, 2.24) is 4.98 Å². The zero-order valence-corrected chi connectivity index (χ0v) is 7.89. The molecule has 1 heterocycles. The van der Waals surface area contributed by atoms with E-state index in [0.29, 0.717) is 0 Å². The Bertz CT molecular complexity index is 412. The third kappa shape index (κ3) is 2.20. The normalized spacial score (nSPS) is 12.3. The SMILES string of the molecule is C[C@H](Nc1c(F)c(F)nc(F)c1F)C(=O)O. The molecule has 0 saturated heterocycles. The average Bonchev–Trinajstić information content (AvgIpc) is 2.21. The average molecular weight is 238 g/mol. The van der Waals surface area contributed by atoms with Crippen LogP contribution in [0.15, 0.2) is 0 Å². The van der Waals surface area contributed by atoms with Crippen molar-refractivity contribution in [3.8, 4) is 0 Å². The summed E-state index contributed by atoms with van der Waals surface area (Å²) in [6.07, 6.45) is 0. The molecule has 1 rings (SSSR count). The van der Waals surface area contributed by atoms with Crippen molar-refractivity contribution < 1.29 is 27.5 Å². The van der Waals surface area contributed by atoms with Gasteiger partial charge in [-0.2, -0.15) is 22.5 Å². The van der Waals surface area contributed by atoms with E-state index in [1.165, 1.54) is 0 Å². The van der Waals surface area contributed by atoms with Crippen LogP contribution in [0, 0.1) is 23.5 Å². The molecule has 1 aromatic heterocycles. The van der Waals surface area contributed by atoms with E-state index in [9.17, 15) is 22.4 Å². The van der Waals surface area contributed by atoms with E-state index in [0.717, 1.165) is 6.92 Å². The lowest BCUT2D eigenvalue weighted by Crippen LogP contribution is -2.27. The molecule has 0 aliphatic rings. The van der Waals surface area contributed by atoms with E-state index in [1.54, 1.807) is 5.32 Å². The van der Waals surface area contributed by atoms with E-state index in [2.05, 4.69) is 4.98 Å². The number of carboxylic acid groups (broad SMARTS) is 1. The van der Waals surface area contributed by atoms with Crippen molar-refractivity contribution in [2.75, 3.05) is 5.32 Å². The molecule has 0 spiro atoms. The monoisotopic (exact) mass is 238 g/mol. The van der Waals surface area contributed by atoms with Gasteiger partial charge in [0.15, 0.2) is 0 Å². The number of carboxylic acids is 1. The van der Waals surface area contributed by atoms with Gasteiger partial charge in [-0.25, -0.2) is 0 Å². The Morgan fingerprint density at radius 1 is 1.25 bits per heavy atom. The molecule has 2 N–H and O–H groups in total. The minimum atomic E-state index is -1.85. The van der Waals surface area contributed by atoms with Crippen molar-refractivity contribution in [2.24, 2.45) is 0 Å². The number of carbonyl (C=O) groups is 1. The molecular weight excluding hydrogens is 232 g/mol. The first-order valence-electron chi connectivity index (χ1n) is 4.04. The van der Waals surface area contributed by atoms with Gasteiger partial charge in [0.05, 0.1) is 0 Å². The quantitative estimate of drug-likeness (QED) is 0.619. The number of nitrogens with one attached hydrogen (secondary N) is 1. The van der Waals surface area contributed by atoms with Crippen molar-refractivity contribution in [3.63, 3.8) is 0 Å². The zero-order chi connectivity index (χ0) is 12.5. The summed E-state index contributed by atoms with van der Waals surface area (Å²) in [6.45, 7) is 1.05. The largest absolute Gasteiger partial charge is 0.480 e. The second-order valence-electron chi connectivity index (χ2n) is 2.90. The first-order valence-corrected chi connectivity index (χ1v) is 4.04. The highest BCUT2D eigenvalue weighted by atomic mass is 19.2. The van der Waals surface area contributed by atoms with Crippen LogP contribution in [0.4, 0.5) is 23.2 Å². The Balaban J connectivity index is 3.17. The van der Waals surface area contributed by atoms with Crippen molar-refractivity contribution in [2.45, 2.75) is 13.0 Å². The topological polar surface area (TPSA) is 62.2 Å². The molecular formula is C8H6F4N2O2. The number of anilines is 1. The molecule has 0 aliphatic heterocycles. The number of nitrogens with zero attached hydrogens (tertiary/aromatic N) is 1. The van der Waals surface area contributed by atoms with Crippen LogP contribution >= 0.6 is 0 Å². The maximum absolute atomic E-state index is 13.0. The molecule has 1 aromatic rings. The Kier molecular flexibility index (Phi) is 3.31. The van der Waals surface area contributed by atoms with Crippen molar-refractivity contribution in [1.29, 1.82) is 0 Å². The van der Waals surface area contributed by atoms with Crippen LogP contribution in [0.2, 0.25) is 0 Å². The Labute approximate surface area is 86.9 Å². The number of hydrogen-bond acceptors (Lipinski definition) is 3. The summed E-state index contributed by atoms with van der Waals surface area (Å²) in [6, 6.07) is -1.41. The highest BCUT2D eigenvalue weighted by Gasteiger charge is 2.23. The number of aliphatic carboxylic acids is 1. The second-order valence-corrected chi connectivity index (χ2v) is 2.90. The maximum Gasteiger partial charge on any atom is 0.325 e. The molecule has 88 valence electrons. The number of hydrogen-bond donors (Lipinski definition) is 2. The van der Waals surface area contributed by atoms with Crippen molar-refractivity contribution >= 4 is 11.7 Å². The van der Waals surface area contributed by atoms with Crippen LogP contribution < -0.4 is 5.32 Å². The van der Waals surface area contributed by atoms with Crippen LogP contribution in [-0.4, -0.2) is 22.1 Å². The molecule has 0 radical (unpaired) electrons. The summed E-state index contributed by atoms with van der Waals surface area (Å²) in [5.41, 5.74) is -1.19. The fourth-order valence-corrected chi connectivity index (χ4v) is 0.892. The van der Waals surface area contributed by atoms with Gasteiger partial charge in [0.25, 0.3) is 11.9 Å². The van der Waals surface area contributed by atoms with E-state index in [4.69, 9.17) is 5.11 Å². The number of pyridine rings is 1. The Hall–Kier alpha value is -1.86. The summed E-state index contributed by atoms with van der Waals surface area (Å²) < 4.78 is 51.1. The summed E-state index contributed by atoms with van der Waals surface area (Å²) in [4.78, 5) is 12.7. The second kappa shape index (κ2) is 4.33. The molecule has 0 amide bonds. The van der Waals surface area contributed by atoms with E-state index in [-0.39, 0.29) is 0 Å². The van der Waals surface area contributed by atoms with E-state index >= 15 is 0 Å². The van der Waals surface area contributed by atoms with Gasteiger partial charge in [0.2, 0.25) is 11.6 Å². The van der Waals surface area contributed by atoms with Gasteiger partial charge in [0.1, 0.15) is 11.7 Å². The first-order chi connectivity index (χ1) is 7.34. The summed E-state index contributed by atoms with van der Waals surface area (Å²) in [5, 5.41) is 10.2. The molecule has 0 fully saturated rings. The zero-order valence-electron chi connectivity index (χ0n) is 7.89. The predicted octanol–water partition coefficient (Wildman–Crippen LogP) is 1.52. The van der Waals surface area contributed by atoms with Gasteiger partial charge in [-0.15, -0.1) is 0 Å². The molecule has 16 heavy (non-hydrogen) atoms. The molecule has 0 bridgehead atoms. The fourth-order valence-electron chi connectivity index (χ4n) is 0.892. The van der Waals surface area contributed by atoms with Gasteiger partial charge in [-0.05, 0) is 6.92 Å². The molecule has 0 aliphatic carbocycles. The van der Waals surface area contributed by atoms with Crippen LogP contribution in [0.25, 0.3) is 0 Å². The maximum atomic E-state index is 13.0. The summed E-state index contributed by atoms with van der Waals surface area (Å²) >= 11 is 0. The minimum absolute atomic E-state index is 1.05. The number of rotatable bonds is 3. The highest BCUT2D eigenvalue weighted by Crippen LogP contribution is 2.22. The van der Waals surface area contributed by atoms with Crippen LogP contribution in [-0.2, 0) is 4.79 Å². The molecule has 0 saturated carbocycles. The number of aromatic nitrogens is 1. The minimum Gasteiger partial charge on any atom is -0.480 e. The molecule has 8 heteroatoms. The lowest BCUT2D eigenvalue weighted by molar-refractivity contribution is -0.137. The third-order valence-electron chi connectivity index (χ3n) is 1.73. The standard InChI is InChI=1S/C8H6F4N2O2/c1-2(8(15)16)13-5-3(9)6(11)14-7(12)4(5)10/h2H,1H3,(H,13,14)(H,15,16)/t2-/m0/s1. The fraction of sp³-hybridized carbons (Fsp3) is 0.250. The first kappa shape index (κ1) is 12.2. The summed E-state index contributed by atoms with van der Waals surface area (Å²) in [5.74, 6) is -8.67. The third-order valence-corrected chi connectivity index (χ3v) is 1.73. The smallest absolute Gasteiger partial charge is 0.325 e. The van der Waals surface area contributed by atoms with Gasteiger partial charge in [-0.1, -0.05) is 0 Å². The molecule has 4 nitrogen and oxygen atoms in total. The van der Waals surface area contributed by atoms with Crippen LogP contribution in [0.1, 0.15) is 6.92 Å². The Morgan fingerprint density at radius 3 is 2.06 bits per heavy atom. The van der Waals surface area contributed by atoms with Crippen LogP contribution in [0.3, 0.4) is 0 Å². The van der Waals surface area contributed by atoms with Gasteiger partial charge in [0, 0.05) is 0 Å². The lowest BCUT2D eigenvalue weighted by Gasteiger charge is -2.12. The molecule has 1 atom stereocenters. The predicted molar refractivity (Wildman–Crippen MR) is 44.8 cm³/mol. The number of halogens is 4. The van der Waals surface area contributed by atoms with Gasteiger partial charge < -0.3 is 10.4 Å². The molecule has 0 aromatic carbocycles. The van der Waals surface area contributed by atoms with Gasteiger partial charge >= 0.3 is 5.97 Å². The Morgan fingerprint density at radius 2 is 1.69 bits per heavy atom. The van der Waals surface area contributed by atoms with E-state index in [1.807, 2.05) is 0 Å². The summed E-state index contributed by atoms with van der Waals surface area (Å²) in [7, 11) is 0. The van der Waals surface area contributed by atoms with Crippen molar-refractivity contribution in [3.05, 3.63) is 23.5 Å². The molecule has 0 unspecified atom stereocenters. The van der Waals surface area contributed by atoms with Crippen LogP contribution in [0.5, 0.6) is 0 Å².